The third-order valence-corrected chi connectivity index (χ3v) is 1.94. The Morgan fingerprint density at radius 3 is 2.27 bits per heavy atom. The van der Waals surface area contributed by atoms with Crippen molar-refractivity contribution in [2.75, 3.05) is 40.8 Å². The molecule has 0 amide bonds. The molecule has 90 valence electrons. The number of nitrogens with zero attached hydrogens (tertiary/aromatic N) is 1. The molecule has 4 heteroatoms. The summed E-state index contributed by atoms with van der Waals surface area (Å²) >= 11 is 0. The minimum absolute atomic E-state index is 0. The van der Waals surface area contributed by atoms with Crippen LogP contribution in [0.15, 0.2) is 12.2 Å². The SMILES string of the molecule is C=C(C)C(=O)CNCCC[N+](C)(C)C.[Cl-]. The summed E-state index contributed by atoms with van der Waals surface area (Å²) in [5.74, 6) is 0.107. The number of carbonyl (C=O) groups is 1. The minimum Gasteiger partial charge on any atom is -1.00 e. The predicted octanol–water partition coefficient (Wildman–Crippen LogP) is -2.18. The van der Waals surface area contributed by atoms with E-state index in [1.54, 1.807) is 6.92 Å². The smallest absolute Gasteiger partial charge is 0.171 e. The average Bonchev–Trinajstić information content (AvgIpc) is 2.01. The van der Waals surface area contributed by atoms with Crippen molar-refractivity contribution >= 4 is 5.78 Å². The Hall–Kier alpha value is -0.380. The second kappa shape index (κ2) is 7.85. The summed E-state index contributed by atoms with van der Waals surface area (Å²) in [6.45, 7) is 7.79. The summed E-state index contributed by atoms with van der Waals surface area (Å²) in [6, 6.07) is 0. The van der Waals surface area contributed by atoms with Gasteiger partial charge in [0.15, 0.2) is 5.78 Å². The molecule has 3 nitrogen and oxygen atoms in total. The third-order valence-electron chi connectivity index (χ3n) is 1.94. The molecule has 0 aliphatic rings. The quantitative estimate of drug-likeness (QED) is 0.309. The Balaban J connectivity index is 0. The van der Waals surface area contributed by atoms with E-state index in [2.05, 4.69) is 33.0 Å². The number of quaternary nitrogens is 1. The maximum Gasteiger partial charge on any atom is 0.171 e. The Kier molecular flexibility index (Phi) is 8.92. The minimum atomic E-state index is 0. The van der Waals surface area contributed by atoms with Crippen molar-refractivity contribution in [1.29, 1.82) is 0 Å². The van der Waals surface area contributed by atoms with Crippen LogP contribution in [-0.4, -0.2) is 51.0 Å². The van der Waals surface area contributed by atoms with Crippen LogP contribution >= 0.6 is 0 Å². The maximum absolute atomic E-state index is 11.1. The normalized spacial score (nSPS) is 10.7. The van der Waals surface area contributed by atoms with Gasteiger partial charge in [-0.2, -0.15) is 0 Å². The molecule has 0 unspecified atom stereocenters. The lowest BCUT2D eigenvalue weighted by molar-refractivity contribution is -0.870. The van der Waals surface area contributed by atoms with Gasteiger partial charge in [-0.1, -0.05) is 6.58 Å². The number of halogens is 1. The molecule has 0 aromatic heterocycles. The maximum atomic E-state index is 11.1. The lowest BCUT2D eigenvalue weighted by Crippen LogP contribution is -3.00. The van der Waals surface area contributed by atoms with E-state index in [0.29, 0.717) is 12.1 Å². The number of rotatable bonds is 7. The summed E-state index contributed by atoms with van der Waals surface area (Å²) in [5.41, 5.74) is 0.629. The van der Waals surface area contributed by atoms with E-state index in [0.717, 1.165) is 24.0 Å². The third kappa shape index (κ3) is 11.5. The van der Waals surface area contributed by atoms with Crippen LogP contribution in [-0.2, 0) is 4.79 Å². The van der Waals surface area contributed by atoms with Crippen molar-refractivity contribution in [1.82, 2.24) is 5.32 Å². The summed E-state index contributed by atoms with van der Waals surface area (Å²) < 4.78 is 0.968. The molecule has 0 aromatic rings. The molecule has 1 N–H and O–H groups in total. The molecule has 0 aliphatic carbocycles. The summed E-state index contributed by atoms with van der Waals surface area (Å²) in [5, 5.41) is 3.12. The zero-order valence-electron chi connectivity index (χ0n) is 10.3. The molecule has 0 bridgehead atoms. The van der Waals surface area contributed by atoms with Gasteiger partial charge in [0.25, 0.3) is 0 Å². The highest BCUT2D eigenvalue weighted by atomic mass is 35.5. The van der Waals surface area contributed by atoms with Crippen molar-refractivity contribution in [3.63, 3.8) is 0 Å². The van der Waals surface area contributed by atoms with Crippen LogP contribution in [0.4, 0.5) is 0 Å². The zero-order chi connectivity index (χ0) is 11.2. The van der Waals surface area contributed by atoms with E-state index >= 15 is 0 Å². The molecule has 0 atom stereocenters. The Labute approximate surface area is 99.5 Å². The van der Waals surface area contributed by atoms with Crippen LogP contribution in [0.5, 0.6) is 0 Å². The van der Waals surface area contributed by atoms with Crippen molar-refractivity contribution in [3.8, 4) is 0 Å². The molecule has 0 saturated heterocycles. The fourth-order valence-corrected chi connectivity index (χ4v) is 1.03. The first-order valence-corrected chi connectivity index (χ1v) is 5.03. The molecule has 15 heavy (non-hydrogen) atoms. The van der Waals surface area contributed by atoms with E-state index in [1.807, 2.05) is 0 Å². The largest absolute Gasteiger partial charge is 1.00 e. The molecule has 0 aromatic carbocycles. The molecule has 0 spiro atoms. The fraction of sp³-hybridized carbons (Fsp3) is 0.727. The van der Waals surface area contributed by atoms with E-state index in [1.165, 1.54) is 0 Å². The van der Waals surface area contributed by atoms with Crippen LogP contribution in [0.2, 0.25) is 0 Å². The summed E-state index contributed by atoms with van der Waals surface area (Å²) in [6.07, 6.45) is 1.09. The number of hydrogen-bond acceptors (Lipinski definition) is 2. The Morgan fingerprint density at radius 1 is 1.33 bits per heavy atom. The number of hydrogen-bond donors (Lipinski definition) is 1. The number of ketones is 1. The Bertz CT molecular complexity index is 209. The molecule has 0 saturated carbocycles. The Morgan fingerprint density at radius 2 is 1.87 bits per heavy atom. The molecular formula is C11H23ClN2O. The standard InChI is InChI=1S/C11H23N2O.ClH/c1-10(2)11(14)9-12-7-6-8-13(3,4)5;/h12H,1,6-9H2,2-5H3;1H/q+1;/p-1. The molecular weight excluding hydrogens is 212 g/mol. The highest BCUT2D eigenvalue weighted by molar-refractivity contribution is 5.95. The number of carbonyl (C=O) groups excluding carboxylic acids is 1. The van der Waals surface area contributed by atoms with Gasteiger partial charge in [0.05, 0.1) is 34.2 Å². The van der Waals surface area contributed by atoms with Crippen molar-refractivity contribution < 1.29 is 21.7 Å². The van der Waals surface area contributed by atoms with Gasteiger partial charge in [-0.25, -0.2) is 0 Å². The summed E-state index contributed by atoms with van der Waals surface area (Å²) in [4.78, 5) is 11.1. The molecule has 0 aliphatic heterocycles. The lowest BCUT2D eigenvalue weighted by atomic mass is 10.2. The average molecular weight is 235 g/mol. The van der Waals surface area contributed by atoms with E-state index in [-0.39, 0.29) is 18.2 Å². The van der Waals surface area contributed by atoms with Crippen molar-refractivity contribution in [2.45, 2.75) is 13.3 Å². The van der Waals surface area contributed by atoms with Crippen LogP contribution in [0, 0.1) is 0 Å². The number of nitrogens with one attached hydrogen (secondary N) is 1. The predicted molar refractivity (Wildman–Crippen MR) is 60.2 cm³/mol. The molecule has 0 radical (unpaired) electrons. The van der Waals surface area contributed by atoms with E-state index < -0.39 is 0 Å². The van der Waals surface area contributed by atoms with Gasteiger partial charge in [0.1, 0.15) is 0 Å². The van der Waals surface area contributed by atoms with E-state index in [9.17, 15) is 4.79 Å². The molecule has 0 rings (SSSR count). The zero-order valence-corrected chi connectivity index (χ0v) is 11.0. The second-order valence-electron chi connectivity index (χ2n) is 4.75. The molecule has 0 heterocycles. The van der Waals surface area contributed by atoms with Crippen LogP contribution in [0.3, 0.4) is 0 Å². The van der Waals surface area contributed by atoms with Gasteiger partial charge in [0, 0.05) is 13.0 Å². The highest BCUT2D eigenvalue weighted by Gasteiger charge is 2.06. The van der Waals surface area contributed by atoms with Crippen LogP contribution in [0.25, 0.3) is 0 Å². The van der Waals surface area contributed by atoms with E-state index in [4.69, 9.17) is 0 Å². The summed E-state index contributed by atoms with van der Waals surface area (Å²) in [7, 11) is 6.50. The van der Waals surface area contributed by atoms with Gasteiger partial charge in [0.2, 0.25) is 0 Å². The first-order chi connectivity index (χ1) is 6.33. The first kappa shape index (κ1) is 17.0. The topological polar surface area (TPSA) is 29.1 Å². The van der Waals surface area contributed by atoms with Crippen molar-refractivity contribution in [3.05, 3.63) is 12.2 Å². The number of Topliss-reactive ketones (excluding diaryl/α,β-unsaturated/α-hetero) is 1. The monoisotopic (exact) mass is 234 g/mol. The van der Waals surface area contributed by atoms with Gasteiger partial charge < -0.3 is 22.2 Å². The second-order valence-corrected chi connectivity index (χ2v) is 4.75. The van der Waals surface area contributed by atoms with Crippen LogP contribution < -0.4 is 17.7 Å². The lowest BCUT2D eigenvalue weighted by Gasteiger charge is -2.23. The van der Waals surface area contributed by atoms with Gasteiger partial charge >= 0.3 is 0 Å². The van der Waals surface area contributed by atoms with Crippen LogP contribution in [0.1, 0.15) is 13.3 Å². The van der Waals surface area contributed by atoms with Gasteiger partial charge in [-0.05, 0) is 12.5 Å². The highest BCUT2D eigenvalue weighted by Crippen LogP contribution is 1.92. The van der Waals surface area contributed by atoms with Gasteiger partial charge in [-0.3, -0.25) is 4.79 Å². The molecule has 0 fully saturated rings. The van der Waals surface area contributed by atoms with Gasteiger partial charge in [-0.15, -0.1) is 0 Å². The van der Waals surface area contributed by atoms with Crippen molar-refractivity contribution in [2.24, 2.45) is 0 Å². The fourth-order valence-electron chi connectivity index (χ4n) is 1.03. The first-order valence-electron chi connectivity index (χ1n) is 5.03.